The average Bonchev–Trinajstić information content (AvgIpc) is 2.53. The van der Waals surface area contributed by atoms with Crippen molar-refractivity contribution in [1.82, 2.24) is 14.9 Å². The topological polar surface area (TPSA) is 58.1 Å². The van der Waals surface area contributed by atoms with E-state index in [0.29, 0.717) is 11.7 Å². The number of rotatable bonds is 5. The Bertz CT molecular complexity index is 452. The molecule has 21 heavy (non-hydrogen) atoms. The van der Waals surface area contributed by atoms with Gasteiger partial charge in [0, 0.05) is 19.6 Å². The molecule has 2 rings (SSSR count). The summed E-state index contributed by atoms with van der Waals surface area (Å²) in [6.07, 6.45) is 8.83. The fourth-order valence-corrected chi connectivity index (χ4v) is 2.76. The summed E-state index contributed by atoms with van der Waals surface area (Å²) in [7, 11) is 1.88. The number of aromatic nitrogens is 2. The van der Waals surface area contributed by atoms with Gasteiger partial charge >= 0.3 is 0 Å². The van der Waals surface area contributed by atoms with Gasteiger partial charge in [-0.15, -0.1) is 0 Å². The zero-order chi connectivity index (χ0) is 15.2. The van der Waals surface area contributed by atoms with E-state index in [4.69, 9.17) is 0 Å². The largest absolute Gasteiger partial charge is 0.369 e. The molecule has 1 aromatic heterocycles. The van der Waals surface area contributed by atoms with Crippen LogP contribution in [0.15, 0.2) is 12.4 Å². The van der Waals surface area contributed by atoms with Gasteiger partial charge in [-0.1, -0.05) is 13.8 Å². The highest BCUT2D eigenvalue weighted by atomic mass is 16.2. The first-order valence-electron chi connectivity index (χ1n) is 7.95. The lowest BCUT2D eigenvalue weighted by Crippen LogP contribution is -2.39. The molecule has 1 aliphatic rings. The molecular weight excluding hydrogens is 264 g/mol. The molecular formula is C16H26N4O. The third-order valence-corrected chi connectivity index (χ3v) is 4.28. The Morgan fingerprint density at radius 2 is 2.00 bits per heavy atom. The predicted octanol–water partition coefficient (Wildman–Crippen LogP) is 2.95. The zero-order valence-electron chi connectivity index (χ0n) is 13.3. The van der Waals surface area contributed by atoms with Crippen LogP contribution in [0.4, 0.5) is 5.82 Å². The van der Waals surface area contributed by atoms with E-state index in [1.54, 1.807) is 12.4 Å². The van der Waals surface area contributed by atoms with Crippen LogP contribution in [0, 0.1) is 5.92 Å². The highest BCUT2D eigenvalue weighted by Crippen LogP contribution is 2.27. The molecule has 0 bridgehead atoms. The van der Waals surface area contributed by atoms with Crippen LogP contribution in [0.25, 0.3) is 0 Å². The van der Waals surface area contributed by atoms with Gasteiger partial charge in [-0.2, -0.15) is 0 Å². The standard InChI is InChI=1S/C16H26N4O/c1-4-9-17-15-11-18-14(10-19-15)16(21)20(3)13-7-5-12(2)6-8-13/h10-13H,4-9H2,1-3H3,(H,17,19). The summed E-state index contributed by atoms with van der Waals surface area (Å²) in [6, 6.07) is 0.341. The van der Waals surface area contributed by atoms with Crippen molar-refractivity contribution in [2.45, 2.75) is 52.0 Å². The third-order valence-electron chi connectivity index (χ3n) is 4.28. The monoisotopic (exact) mass is 290 g/mol. The second kappa shape index (κ2) is 7.38. The fourth-order valence-electron chi connectivity index (χ4n) is 2.76. The Hall–Kier alpha value is -1.65. The molecule has 1 saturated carbocycles. The Kier molecular flexibility index (Phi) is 5.53. The number of anilines is 1. The minimum Gasteiger partial charge on any atom is -0.369 e. The van der Waals surface area contributed by atoms with E-state index in [1.165, 1.54) is 12.8 Å². The molecule has 0 atom stereocenters. The van der Waals surface area contributed by atoms with Crippen LogP contribution < -0.4 is 5.32 Å². The summed E-state index contributed by atoms with van der Waals surface area (Å²) in [5, 5.41) is 3.16. The van der Waals surface area contributed by atoms with Gasteiger partial charge in [0.2, 0.25) is 0 Å². The molecule has 5 heteroatoms. The van der Waals surface area contributed by atoms with Crippen molar-refractivity contribution in [3.63, 3.8) is 0 Å². The van der Waals surface area contributed by atoms with Gasteiger partial charge in [0.15, 0.2) is 0 Å². The summed E-state index contributed by atoms with van der Waals surface area (Å²) in [4.78, 5) is 22.8. The van der Waals surface area contributed by atoms with Crippen LogP contribution in [-0.4, -0.2) is 40.4 Å². The lowest BCUT2D eigenvalue weighted by Gasteiger charge is -2.33. The van der Waals surface area contributed by atoms with Crippen LogP contribution in [0.5, 0.6) is 0 Å². The second-order valence-electron chi connectivity index (χ2n) is 6.04. The van der Waals surface area contributed by atoms with Gasteiger partial charge in [0.25, 0.3) is 5.91 Å². The number of amides is 1. The number of carbonyl (C=O) groups is 1. The maximum absolute atomic E-state index is 12.5. The van der Waals surface area contributed by atoms with Crippen LogP contribution in [0.3, 0.4) is 0 Å². The first-order valence-corrected chi connectivity index (χ1v) is 7.95. The van der Waals surface area contributed by atoms with Gasteiger partial charge in [-0.05, 0) is 38.0 Å². The first-order chi connectivity index (χ1) is 10.1. The normalized spacial score (nSPS) is 21.9. The fraction of sp³-hybridized carbons (Fsp3) is 0.688. The van der Waals surface area contributed by atoms with Crippen LogP contribution in [-0.2, 0) is 0 Å². The molecule has 116 valence electrons. The molecule has 5 nitrogen and oxygen atoms in total. The van der Waals surface area contributed by atoms with E-state index < -0.39 is 0 Å². The lowest BCUT2D eigenvalue weighted by molar-refractivity contribution is 0.0673. The Labute approximate surface area is 127 Å². The Morgan fingerprint density at radius 3 is 2.57 bits per heavy atom. The van der Waals surface area contributed by atoms with Crippen molar-refractivity contribution >= 4 is 11.7 Å². The van der Waals surface area contributed by atoms with Gasteiger partial charge in [0.1, 0.15) is 11.5 Å². The molecule has 1 heterocycles. The van der Waals surface area contributed by atoms with Crippen molar-refractivity contribution < 1.29 is 4.79 Å². The summed E-state index contributed by atoms with van der Waals surface area (Å²) in [5.74, 6) is 1.49. The van der Waals surface area contributed by atoms with Gasteiger partial charge in [-0.3, -0.25) is 4.79 Å². The molecule has 0 spiro atoms. The molecule has 0 unspecified atom stereocenters. The lowest BCUT2D eigenvalue weighted by atomic mass is 9.86. The van der Waals surface area contributed by atoms with Crippen molar-refractivity contribution in [3.8, 4) is 0 Å². The molecule has 1 amide bonds. The second-order valence-corrected chi connectivity index (χ2v) is 6.04. The molecule has 0 aromatic carbocycles. The number of hydrogen-bond donors (Lipinski definition) is 1. The molecule has 1 aromatic rings. The van der Waals surface area contributed by atoms with Crippen molar-refractivity contribution in [2.24, 2.45) is 5.92 Å². The van der Waals surface area contributed by atoms with Crippen molar-refractivity contribution in [1.29, 1.82) is 0 Å². The highest BCUT2D eigenvalue weighted by molar-refractivity contribution is 5.92. The maximum Gasteiger partial charge on any atom is 0.274 e. The molecule has 1 N–H and O–H groups in total. The predicted molar refractivity (Wildman–Crippen MR) is 84.3 cm³/mol. The van der Waals surface area contributed by atoms with E-state index in [0.717, 1.165) is 37.5 Å². The number of nitrogens with one attached hydrogen (secondary N) is 1. The van der Waals surface area contributed by atoms with Crippen LogP contribution in [0.1, 0.15) is 56.4 Å². The highest BCUT2D eigenvalue weighted by Gasteiger charge is 2.26. The summed E-state index contributed by atoms with van der Waals surface area (Å²) < 4.78 is 0. The summed E-state index contributed by atoms with van der Waals surface area (Å²) >= 11 is 0. The van der Waals surface area contributed by atoms with Gasteiger partial charge < -0.3 is 10.2 Å². The number of nitrogens with zero attached hydrogens (tertiary/aromatic N) is 3. The molecule has 0 aliphatic heterocycles. The zero-order valence-corrected chi connectivity index (χ0v) is 13.3. The maximum atomic E-state index is 12.5. The minimum atomic E-state index is -0.0240. The minimum absolute atomic E-state index is 0.0240. The van der Waals surface area contributed by atoms with Gasteiger partial charge in [0.05, 0.1) is 12.4 Å². The van der Waals surface area contributed by atoms with Gasteiger partial charge in [-0.25, -0.2) is 9.97 Å². The molecule has 0 saturated heterocycles. The van der Waals surface area contributed by atoms with E-state index in [-0.39, 0.29) is 5.91 Å². The van der Waals surface area contributed by atoms with E-state index in [2.05, 4.69) is 29.1 Å². The van der Waals surface area contributed by atoms with E-state index in [9.17, 15) is 4.79 Å². The average molecular weight is 290 g/mol. The number of hydrogen-bond acceptors (Lipinski definition) is 4. The van der Waals surface area contributed by atoms with Crippen molar-refractivity contribution in [3.05, 3.63) is 18.1 Å². The summed E-state index contributed by atoms with van der Waals surface area (Å²) in [6.45, 7) is 5.24. The number of carbonyl (C=O) groups excluding carboxylic acids is 1. The molecule has 1 aliphatic carbocycles. The Morgan fingerprint density at radius 1 is 1.29 bits per heavy atom. The van der Waals surface area contributed by atoms with Crippen LogP contribution in [0.2, 0.25) is 0 Å². The molecule has 0 radical (unpaired) electrons. The summed E-state index contributed by atoms with van der Waals surface area (Å²) in [5.41, 5.74) is 0.429. The van der Waals surface area contributed by atoms with Crippen molar-refractivity contribution in [2.75, 3.05) is 18.9 Å². The van der Waals surface area contributed by atoms with E-state index in [1.807, 2.05) is 11.9 Å². The quantitative estimate of drug-likeness (QED) is 0.906. The SMILES string of the molecule is CCCNc1cnc(C(=O)N(C)C2CCC(C)CC2)cn1. The smallest absolute Gasteiger partial charge is 0.274 e. The first kappa shape index (κ1) is 15.7. The third kappa shape index (κ3) is 4.16. The molecule has 1 fully saturated rings. The van der Waals surface area contributed by atoms with E-state index >= 15 is 0 Å². The van der Waals surface area contributed by atoms with Crippen LogP contribution >= 0.6 is 0 Å². The Balaban J connectivity index is 1.95.